The number of aryl methyl sites for hydroxylation is 2. The zero-order valence-corrected chi connectivity index (χ0v) is 18.0. The SMILES string of the molecule is Cc1cc2c(oc3nc(F)cc(F)c32)c(-c2c3ccc(C(C)C)cc3nc[n+]2C)c1C. The van der Waals surface area contributed by atoms with Gasteiger partial charge in [-0.1, -0.05) is 19.9 Å². The maximum absolute atomic E-state index is 14.7. The summed E-state index contributed by atoms with van der Waals surface area (Å²) >= 11 is 0. The second-order valence-corrected chi connectivity index (χ2v) is 8.41. The minimum absolute atomic E-state index is 0.0399. The average Bonchev–Trinajstić information content (AvgIpc) is 3.07. The Morgan fingerprint density at radius 1 is 1.03 bits per heavy atom. The highest BCUT2D eigenvalue weighted by Gasteiger charge is 2.25. The Kier molecular flexibility index (Phi) is 4.29. The van der Waals surface area contributed by atoms with Crippen molar-refractivity contribution >= 4 is 33.0 Å². The van der Waals surface area contributed by atoms with E-state index in [1.165, 1.54) is 5.56 Å². The topological polar surface area (TPSA) is 42.8 Å². The van der Waals surface area contributed by atoms with Gasteiger partial charge in [0.05, 0.1) is 23.4 Å². The smallest absolute Gasteiger partial charge is 0.287 e. The molecule has 0 N–H and O–H groups in total. The van der Waals surface area contributed by atoms with Gasteiger partial charge < -0.3 is 4.42 Å². The van der Waals surface area contributed by atoms with Crippen molar-refractivity contribution in [3.63, 3.8) is 0 Å². The van der Waals surface area contributed by atoms with Crippen LogP contribution in [0.5, 0.6) is 0 Å². The number of hydrogen-bond donors (Lipinski definition) is 0. The second kappa shape index (κ2) is 6.80. The first-order chi connectivity index (χ1) is 14.8. The van der Waals surface area contributed by atoms with Gasteiger partial charge in [0.25, 0.3) is 6.33 Å². The van der Waals surface area contributed by atoms with Crippen LogP contribution in [0.4, 0.5) is 8.78 Å². The molecule has 5 aromatic rings. The number of furan rings is 1. The highest BCUT2D eigenvalue weighted by atomic mass is 19.1. The molecule has 31 heavy (non-hydrogen) atoms. The Morgan fingerprint density at radius 3 is 2.55 bits per heavy atom. The maximum Gasteiger partial charge on any atom is 0.287 e. The van der Waals surface area contributed by atoms with Crippen molar-refractivity contribution in [3.8, 4) is 11.3 Å². The lowest BCUT2D eigenvalue weighted by molar-refractivity contribution is -0.662. The van der Waals surface area contributed by atoms with Crippen LogP contribution in [0.2, 0.25) is 0 Å². The van der Waals surface area contributed by atoms with E-state index in [0.717, 1.165) is 39.4 Å². The summed E-state index contributed by atoms with van der Waals surface area (Å²) in [5, 5.41) is 1.75. The van der Waals surface area contributed by atoms with Gasteiger partial charge in [-0.2, -0.15) is 9.37 Å². The number of fused-ring (bicyclic) bond motifs is 4. The van der Waals surface area contributed by atoms with Crippen LogP contribution in [0.1, 0.15) is 36.5 Å². The molecule has 3 heterocycles. The van der Waals surface area contributed by atoms with Gasteiger partial charge in [0.2, 0.25) is 11.7 Å². The van der Waals surface area contributed by atoms with Crippen molar-refractivity contribution < 1.29 is 17.8 Å². The van der Waals surface area contributed by atoms with Gasteiger partial charge in [-0.25, -0.2) is 8.96 Å². The van der Waals surface area contributed by atoms with Gasteiger partial charge in [0.1, 0.15) is 17.1 Å². The molecule has 0 atom stereocenters. The summed E-state index contributed by atoms with van der Waals surface area (Å²) in [7, 11) is 1.92. The van der Waals surface area contributed by atoms with E-state index in [-0.39, 0.29) is 11.1 Å². The molecule has 0 radical (unpaired) electrons. The Balaban J connectivity index is 1.95. The van der Waals surface area contributed by atoms with E-state index in [9.17, 15) is 8.78 Å². The summed E-state index contributed by atoms with van der Waals surface area (Å²) in [5.74, 6) is -1.20. The van der Waals surface area contributed by atoms with Crippen LogP contribution in [0.25, 0.3) is 44.2 Å². The van der Waals surface area contributed by atoms with Crippen molar-refractivity contribution in [3.05, 3.63) is 65.1 Å². The van der Waals surface area contributed by atoms with E-state index in [1.54, 1.807) is 6.33 Å². The number of nitrogens with zero attached hydrogens (tertiary/aromatic N) is 3. The molecule has 3 aromatic heterocycles. The summed E-state index contributed by atoms with van der Waals surface area (Å²) in [5.41, 5.74) is 6.26. The molecule has 0 aliphatic heterocycles. The van der Waals surface area contributed by atoms with Gasteiger partial charge in [0, 0.05) is 11.5 Å². The highest BCUT2D eigenvalue weighted by molar-refractivity contribution is 6.11. The van der Waals surface area contributed by atoms with E-state index in [4.69, 9.17) is 4.42 Å². The van der Waals surface area contributed by atoms with Gasteiger partial charge in [-0.3, -0.25) is 0 Å². The van der Waals surface area contributed by atoms with Gasteiger partial charge in [0.15, 0.2) is 5.52 Å². The Labute approximate surface area is 178 Å². The molecule has 0 aliphatic carbocycles. The van der Waals surface area contributed by atoms with E-state index >= 15 is 0 Å². The van der Waals surface area contributed by atoms with Crippen LogP contribution in [0.15, 0.2) is 41.1 Å². The number of rotatable bonds is 2. The van der Waals surface area contributed by atoms with Crippen molar-refractivity contribution in [2.24, 2.45) is 7.05 Å². The van der Waals surface area contributed by atoms with Crippen LogP contribution in [0, 0.1) is 25.6 Å². The molecule has 0 fully saturated rings. The largest absolute Gasteiger partial charge is 0.437 e. The molecule has 0 spiro atoms. The van der Waals surface area contributed by atoms with Crippen LogP contribution >= 0.6 is 0 Å². The lowest BCUT2D eigenvalue weighted by atomic mass is 9.93. The first kappa shape index (κ1) is 19.5. The molecule has 0 amide bonds. The van der Waals surface area contributed by atoms with E-state index in [1.807, 2.05) is 31.5 Å². The van der Waals surface area contributed by atoms with Crippen LogP contribution in [-0.4, -0.2) is 9.97 Å². The fourth-order valence-corrected chi connectivity index (χ4v) is 4.27. The number of benzene rings is 2. The normalized spacial score (nSPS) is 12.0. The van der Waals surface area contributed by atoms with E-state index < -0.39 is 11.8 Å². The van der Waals surface area contributed by atoms with Gasteiger partial charge in [-0.05, 0) is 59.6 Å². The predicted molar refractivity (Wildman–Crippen MR) is 117 cm³/mol. The Morgan fingerprint density at radius 2 is 1.81 bits per heavy atom. The summed E-state index contributed by atoms with van der Waals surface area (Å²) < 4.78 is 36.4. The lowest BCUT2D eigenvalue weighted by Gasteiger charge is -2.12. The summed E-state index contributed by atoms with van der Waals surface area (Å²) in [6, 6.07) is 8.95. The summed E-state index contributed by atoms with van der Waals surface area (Å²) in [6.45, 7) is 8.28. The molecule has 5 rings (SSSR count). The molecule has 156 valence electrons. The van der Waals surface area contributed by atoms with E-state index in [2.05, 4.69) is 42.0 Å². The minimum atomic E-state index is -0.903. The predicted octanol–water partition coefficient (Wildman–Crippen LogP) is 6.04. The zero-order valence-electron chi connectivity index (χ0n) is 18.0. The second-order valence-electron chi connectivity index (χ2n) is 8.41. The average molecular weight is 418 g/mol. The third-order valence-electron chi connectivity index (χ3n) is 6.08. The maximum atomic E-state index is 14.7. The number of pyridine rings is 1. The fraction of sp³-hybridized carbons (Fsp3) is 0.240. The van der Waals surface area contributed by atoms with Crippen LogP contribution in [-0.2, 0) is 7.05 Å². The first-order valence-electron chi connectivity index (χ1n) is 10.2. The van der Waals surface area contributed by atoms with E-state index in [0.29, 0.717) is 16.9 Å². The van der Waals surface area contributed by atoms with Crippen LogP contribution < -0.4 is 4.57 Å². The fourth-order valence-electron chi connectivity index (χ4n) is 4.27. The third kappa shape index (κ3) is 2.89. The third-order valence-corrected chi connectivity index (χ3v) is 6.08. The minimum Gasteiger partial charge on any atom is -0.437 e. The molecule has 0 saturated heterocycles. The van der Waals surface area contributed by atoms with Crippen molar-refractivity contribution in [1.29, 1.82) is 0 Å². The van der Waals surface area contributed by atoms with Gasteiger partial charge in [-0.15, -0.1) is 0 Å². The van der Waals surface area contributed by atoms with Crippen molar-refractivity contribution in [2.45, 2.75) is 33.6 Å². The molecular weight excluding hydrogens is 396 g/mol. The lowest BCUT2D eigenvalue weighted by Crippen LogP contribution is -2.32. The molecule has 4 nitrogen and oxygen atoms in total. The Bertz CT molecular complexity index is 1520. The molecule has 2 aromatic carbocycles. The zero-order chi connectivity index (χ0) is 22.0. The van der Waals surface area contributed by atoms with Crippen molar-refractivity contribution in [2.75, 3.05) is 0 Å². The number of aromatic nitrogens is 3. The van der Waals surface area contributed by atoms with Crippen LogP contribution in [0.3, 0.4) is 0 Å². The standard InChI is InChI=1S/C25H22F2N3O/c1-12(2)15-6-7-16-19(9-15)28-11-30(5)23(16)21-14(4)13(3)8-17-22-18(26)10-20(27)29-25(22)31-24(17)21/h6-12H,1-5H3/q+1. The summed E-state index contributed by atoms with van der Waals surface area (Å²) in [6.07, 6.45) is 1.77. The molecule has 0 bridgehead atoms. The monoisotopic (exact) mass is 418 g/mol. The number of halogens is 2. The highest BCUT2D eigenvalue weighted by Crippen LogP contribution is 2.40. The van der Waals surface area contributed by atoms with Crippen molar-refractivity contribution in [1.82, 2.24) is 9.97 Å². The molecular formula is C25H22F2N3O+. The molecule has 0 aliphatic rings. The molecule has 6 heteroatoms. The Hall–Kier alpha value is -3.41. The number of hydrogen-bond acceptors (Lipinski definition) is 3. The summed E-state index contributed by atoms with van der Waals surface area (Å²) in [4.78, 5) is 8.41. The molecule has 0 unspecified atom stereocenters. The molecule has 0 saturated carbocycles. The quantitative estimate of drug-likeness (QED) is 0.259. The van der Waals surface area contributed by atoms with Gasteiger partial charge >= 0.3 is 0 Å². The first-order valence-corrected chi connectivity index (χ1v) is 10.2.